The molecule has 0 aliphatic heterocycles. The maximum absolute atomic E-state index is 5.88. The highest BCUT2D eigenvalue weighted by Gasteiger charge is 2.10. The van der Waals surface area contributed by atoms with Crippen LogP contribution in [-0.4, -0.2) is 4.98 Å². The Bertz CT molecular complexity index is 701. The monoisotopic (exact) mass is 252 g/mol. The van der Waals surface area contributed by atoms with Crippen molar-refractivity contribution >= 4 is 16.8 Å². The summed E-state index contributed by atoms with van der Waals surface area (Å²) in [4.78, 5) is 4.53. The van der Waals surface area contributed by atoms with E-state index in [1.54, 1.807) is 0 Å². The van der Waals surface area contributed by atoms with E-state index < -0.39 is 0 Å². The molecular weight excluding hydrogens is 236 g/mol. The number of oxazole rings is 1. The Morgan fingerprint density at radius 3 is 2.68 bits per heavy atom. The molecule has 0 aliphatic carbocycles. The number of hydrogen-bond acceptors (Lipinski definition) is 3. The van der Waals surface area contributed by atoms with Gasteiger partial charge in [0.25, 0.3) is 0 Å². The SMILES string of the molecule is CCc1cc(N)cc2nc(Cc3ccccc3)oc12. The molecular formula is C16H16N2O. The molecule has 0 fully saturated rings. The molecule has 19 heavy (non-hydrogen) atoms. The predicted molar refractivity (Wildman–Crippen MR) is 77.0 cm³/mol. The van der Waals surface area contributed by atoms with Gasteiger partial charge in [-0.25, -0.2) is 4.98 Å². The molecule has 3 heteroatoms. The second-order valence-corrected chi connectivity index (χ2v) is 4.65. The minimum Gasteiger partial charge on any atom is -0.440 e. The van der Waals surface area contributed by atoms with E-state index in [0.717, 1.165) is 34.7 Å². The van der Waals surface area contributed by atoms with Crippen LogP contribution in [0.2, 0.25) is 0 Å². The Kier molecular flexibility index (Phi) is 2.95. The molecule has 0 unspecified atom stereocenters. The Labute approximate surface area is 112 Å². The van der Waals surface area contributed by atoms with Crippen LogP contribution in [0.15, 0.2) is 46.9 Å². The minimum atomic E-state index is 0.707. The molecule has 0 saturated heterocycles. The normalized spacial score (nSPS) is 11.0. The first-order valence-corrected chi connectivity index (χ1v) is 6.48. The Morgan fingerprint density at radius 2 is 1.95 bits per heavy atom. The summed E-state index contributed by atoms with van der Waals surface area (Å²) >= 11 is 0. The molecule has 2 aromatic carbocycles. The average Bonchev–Trinajstić information content (AvgIpc) is 2.81. The van der Waals surface area contributed by atoms with Crippen LogP contribution in [0.3, 0.4) is 0 Å². The van der Waals surface area contributed by atoms with Gasteiger partial charge in [0.15, 0.2) is 11.5 Å². The smallest absolute Gasteiger partial charge is 0.199 e. The molecule has 1 aromatic heterocycles. The molecule has 0 saturated carbocycles. The number of nitrogens with two attached hydrogens (primary N) is 1. The number of hydrogen-bond donors (Lipinski definition) is 1. The third kappa shape index (κ3) is 2.32. The first-order valence-electron chi connectivity index (χ1n) is 6.48. The fourth-order valence-corrected chi connectivity index (χ4v) is 2.28. The van der Waals surface area contributed by atoms with Gasteiger partial charge in [0.1, 0.15) is 5.52 Å². The van der Waals surface area contributed by atoms with Gasteiger partial charge >= 0.3 is 0 Å². The van der Waals surface area contributed by atoms with E-state index in [-0.39, 0.29) is 0 Å². The summed E-state index contributed by atoms with van der Waals surface area (Å²) in [5.74, 6) is 0.738. The zero-order chi connectivity index (χ0) is 13.2. The molecule has 0 amide bonds. The van der Waals surface area contributed by atoms with Crippen LogP contribution in [0, 0.1) is 0 Å². The van der Waals surface area contributed by atoms with Crippen molar-refractivity contribution in [1.82, 2.24) is 4.98 Å². The molecule has 0 radical (unpaired) electrons. The number of nitrogen functional groups attached to an aromatic ring is 1. The quantitative estimate of drug-likeness (QED) is 0.725. The number of aryl methyl sites for hydroxylation is 1. The zero-order valence-electron chi connectivity index (χ0n) is 10.9. The van der Waals surface area contributed by atoms with Crippen LogP contribution in [0.5, 0.6) is 0 Å². The predicted octanol–water partition coefficient (Wildman–Crippen LogP) is 3.56. The van der Waals surface area contributed by atoms with E-state index in [4.69, 9.17) is 10.2 Å². The van der Waals surface area contributed by atoms with Crippen LogP contribution in [0.25, 0.3) is 11.1 Å². The topological polar surface area (TPSA) is 52.0 Å². The Morgan fingerprint density at radius 1 is 1.16 bits per heavy atom. The molecule has 3 rings (SSSR count). The highest BCUT2D eigenvalue weighted by atomic mass is 16.3. The van der Waals surface area contributed by atoms with Crippen LogP contribution >= 0.6 is 0 Å². The van der Waals surface area contributed by atoms with Crippen molar-refractivity contribution in [3.63, 3.8) is 0 Å². The summed E-state index contributed by atoms with van der Waals surface area (Å²) in [6.07, 6.45) is 1.60. The van der Waals surface area contributed by atoms with Gasteiger partial charge < -0.3 is 10.2 Å². The van der Waals surface area contributed by atoms with Gasteiger partial charge in [-0.15, -0.1) is 0 Å². The van der Waals surface area contributed by atoms with Crippen molar-refractivity contribution < 1.29 is 4.42 Å². The lowest BCUT2D eigenvalue weighted by atomic mass is 10.1. The Hall–Kier alpha value is -2.29. The highest BCUT2D eigenvalue weighted by molar-refractivity contribution is 5.80. The fourth-order valence-electron chi connectivity index (χ4n) is 2.28. The maximum atomic E-state index is 5.88. The lowest BCUT2D eigenvalue weighted by Crippen LogP contribution is -1.88. The molecule has 0 atom stereocenters. The van der Waals surface area contributed by atoms with Crippen molar-refractivity contribution in [3.8, 4) is 0 Å². The average molecular weight is 252 g/mol. The van der Waals surface area contributed by atoms with E-state index >= 15 is 0 Å². The minimum absolute atomic E-state index is 0.707. The molecule has 1 heterocycles. The molecule has 3 nitrogen and oxygen atoms in total. The number of rotatable bonds is 3. The van der Waals surface area contributed by atoms with E-state index in [9.17, 15) is 0 Å². The van der Waals surface area contributed by atoms with E-state index in [1.807, 2.05) is 30.3 Å². The third-order valence-electron chi connectivity index (χ3n) is 3.21. The van der Waals surface area contributed by atoms with Crippen LogP contribution in [0.1, 0.15) is 23.9 Å². The van der Waals surface area contributed by atoms with Crippen molar-refractivity contribution in [3.05, 3.63) is 59.5 Å². The summed E-state index contributed by atoms with van der Waals surface area (Å²) in [5, 5.41) is 0. The summed E-state index contributed by atoms with van der Waals surface area (Å²) < 4.78 is 5.88. The van der Waals surface area contributed by atoms with Crippen LogP contribution in [0.4, 0.5) is 5.69 Å². The first-order chi connectivity index (χ1) is 9.26. The van der Waals surface area contributed by atoms with Crippen molar-refractivity contribution in [1.29, 1.82) is 0 Å². The standard InChI is InChI=1S/C16H16N2O/c1-2-12-9-13(17)10-14-16(12)19-15(18-14)8-11-6-4-3-5-7-11/h3-7,9-10H,2,8,17H2,1H3. The van der Waals surface area contributed by atoms with Gasteiger partial charge in [-0.1, -0.05) is 37.3 Å². The number of nitrogens with zero attached hydrogens (tertiary/aromatic N) is 1. The first kappa shape index (κ1) is 11.8. The summed E-state index contributed by atoms with van der Waals surface area (Å²) in [6, 6.07) is 14.0. The zero-order valence-corrected chi connectivity index (χ0v) is 10.9. The van der Waals surface area contributed by atoms with E-state index in [1.165, 1.54) is 5.56 Å². The number of benzene rings is 2. The Balaban J connectivity index is 2.02. The van der Waals surface area contributed by atoms with Crippen molar-refractivity contribution in [2.45, 2.75) is 19.8 Å². The second-order valence-electron chi connectivity index (χ2n) is 4.65. The number of anilines is 1. The second kappa shape index (κ2) is 4.76. The lowest BCUT2D eigenvalue weighted by Gasteiger charge is -1.99. The van der Waals surface area contributed by atoms with Gasteiger partial charge in [-0.3, -0.25) is 0 Å². The molecule has 0 aliphatic rings. The largest absolute Gasteiger partial charge is 0.440 e. The number of aromatic nitrogens is 1. The van der Waals surface area contributed by atoms with Gasteiger partial charge in [-0.2, -0.15) is 0 Å². The van der Waals surface area contributed by atoms with E-state index in [0.29, 0.717) is 6.42 Å². The van der Waals surface area contributed by atoms with Crippen molar-refractivity contribution in [2.75, 3.05) is 5.73 Å². The molecule has 96 valence electrons. The van der Waals surface area contributed by atoms with Gasteiger partial charge in [0.05, 0.1) is 0 Å². The van der Waals surface area contributed by atoms with Gasteiger partial charge in [0.2, 0.25) is 0 Å². The third-order valence-corrected chi connectivity index (χ3v) is 3.21. The van der Waals surface area contributed by atoms with E-state index in [2.05, 4.69) is 24.0 Å². The van der Waals surface area contributed by atoms with Crippen molar-refractivity contribution in [2.24, 2.45) is 0 Å². The fraction of sp³-hybridized carbons (Fsp3) is 0.188. The molecule has 2 N–H and O–H groups in total. The van der Waals surface area contributed by atoms with Crippen LogP contribution in [-0.2, 0) is 12.8 Å². The highest BCUT2D eigenvalue weighted by Crippen LogP contribution is 2.25. The van der Waals surface area contributed by atoms with Gasteiger partial charge in [-0.05, 0) is 29.7 Å². The number of fused-ring (bicyclic) bond motifs is 1. The summed E-state index contributed by atoms with van der Waals surface area (Å²) in [7, 11) is 0. The molecule has 3 aromatic rings. The van der Waals surface area contributed by atoms with Gasteiger partial charge in [0, 0.05) is 12.1 Å². The lowest BCUT2D eigenvalue weighted by molar-refractivity contribution is 0.541. The molecule has 0 bridgehead atoms. The summed E-state index contributed by atoms with van der Waals surface area (Å²) in [5.41, 5.74) is 10.6. The maximum Gasteiger partial charge on any atom is 0.199 e. The summed E-state index contributed by atoms with van der Waals surface area (Å²) in [6.45, 7) is 2.09. The van der Waals surface area contributed by atoms with Crippen LogP contribution < -0.4 is 5.73 Å². The molecule has 0 spiro atoms.